The number of esters is 1. The highest BCUT2D eigenvalue weighted by Gasteiger charge is 2.14. The number of hydrogen-bond donors (Lipinski definition) is 0. The molecule has 0 saturated heterocycles. The number of hydrogen-bond acceptors (Lipinski definition) is 3. The number of amides is 1. The van der Waals surface area contributed by atoms with Crippen LogP contribution in [0.3, 0.4) is 0 Å². The van der Waals surface area contributed by atoms with E-state index < -0.39 is 0 Å². The van der Waals surface area contributed by atoms with Gasteiger partial charge in [-0.1, -0.05) is 31.9 Å². The van der Waals surface area contributed by atoms with Crippen molar-refractivity contribution < 1.29 is 14.3 Å². The van der Waals surface area contributed by atoms with Crippen LogP contribution >= 0.6 is 31.9 Å². The Morgan fingerprint density at radius 1 is 1.22 bits per heavy atom. The number of benzene rings is 1. The molecule has 1 aromatic carbocycles. The Hall–Kier alpha value is -0.880. The number of ether oxygens (including phenoxy) is 1. The van der Waals surface area contributed by atoms with Gasteiger partial charge in [0.2, 0.25) is 0 Å². The third-order valence-corrected chi connectivity index (χ3v) is 3.25. The molecule has 1 amide bonds. The van der Waals surface area contributed by atoms with Gasteiger partial charge in [0, 0.05) is 28.1 Å². The summed E-state index contributed by atoms with van der Waals surface area (Å²) in [4.78, 5) is 24.6. The predicted octanol–water partition coefficient (Wildman–Crippen LogP) is 2.85. The topological polar surface area (TPSA) is 46.6 Å². The van der Waals surface area contributed by atoms with Gasteiger partial charge < -0.3 is 9.64 Å². The zero-order valence-corrected chi connectivity index (χ0v) is 13.2. The number of nitrogens with zero attached hydrogens (tertiary/aromatic N) is 1. The number of carbonyl (C=O) groups is 2. The van der Waals surface area contributed by atoms with Crippen molar-refractivity contribution in [2.75, 3.05) is 20.7 Å². The van der Waals surface area contributed by atoms with E-state index in [1.807, 2.05) is 6.07 Å². The monoisotopic (exact) mass is 377 g/mol. The summed E-state index contributed by atoms with van der Waals surface area (Å²) in [5.74, 6) is -0.467. The van der Waals surface area contributed by atoms with E-state index in [9.17, 15) is 9.59 Å². The first-order valence-corrected chi connectivity index (χ1v) is 6.81. The zero-order valence-electron chi connectivity index (χ0n) is 10.1. The lowest BCUT2D eigenvalue weighted by atomic mass is 10.2. The van der Waals surface area contributed by atoms with E-state index in [2.05, 4.69) is 36.6 Å². The summed E-state index contributed by atoms with van der Waals surface area (Å²) in [5.41, 5.74) is 0.559. The third-order valence-electron chi connectivity index (χ3n) is 2.34. The molecule has 0 bridgehead atoms. The van der Waals surface area contributed by atoms with Gasteiger partial charge in [0.05, 0.1) is 13.5 Å². The molecule has 4 nitrogen and oxygen atoms in total. The first kappa shape index (κ1) is 15.2. The lowest BCUT2D eigenvalue weighted by Gasteiger charge is -2.16. The molecule has 1 aromatic rings. The molecule has 0 aliphatic heterocycles. The molecule has 0 heterocycles. The molecular weight excluding hydrogens is 366 g/mol. The highest BCUT2D eigenvalue weighted by Crippen LogP contribution is 2.20. The number of methoxy groups -OCH3 is 1. The molecule has 0 aromatic heterocycles. The van der Waals surface area contributed by atoms with Crippen LogP contribution in [0.4, 0.5) is 0 Å². The summed E-state index contributed by atoms with van der Waals surface area (Å²) in [6, 6.07) is 5.33. The van der Waals surface area contributed by atoms with Gasteiger partial charge in [-0.3, -0.25) is 9.59 Å². The lowest BCUT2D eigenvalue weighted by molar-refractivity contribution is -0.140. The molecule has 0 fully saturated rings. The first-order valence-electron chi connectivity index (χ1n) is 5.22. The van der Waals surface area contributed by atoms with Crippen LogP contribution in [0.1, 0.15) is 16.8 Å². The smallest absolute Gasteiger partial charge is 0.307 e. The zero-order chi connectivity index (χ0) is 13.7. The first-order chi connectivity index (χ1) is 8.43. The predicted molar refractivity (Wildman–Crippen MR) is 75.4 cm³/mol. The normalized spacial score (nSPS) is 10.0. The molecular formula is C12H13Br2NO3. The molecule has 0 unspecified atom stereocenters. The maximum Gasteiger partial charge on any atom is 0.307 e. The van der Waals surface area contributed by atoms with Gasteiger partial charge in [0.1, 0.15) is 0 Å². The van der Waals surface area contributed by atoms with Gasteiger partial charge >= 0.3 is 5.97 Å². The van der Waals surface area contributed by atoms with E-state index in [1.165, 1.54) is 12.0 Å². The minimum Gasteiger partial charge on any atom is -0.469 e. The summed E-state index contributed by atoms with van der Waals surface area (Å²) >= 11 is 6.66. The van der Waals surface area contributed by atoms with Crippen LogP contribution in [0.15, 0.2) is 27.1 Å². The van der Waals surface area contributed by atoms with Crippen LogP contribution in [0, 0.1) is 0 Å². The molecule has 0 N–H and O–H groups in total. The SMILES string of the molecule is COC(=O)CCN(C)C(=O)c1cc(Br)cc(Br)c1. The molecule has 0 atom stereocenters. The molecule has 98 valence electrons. The van der Waals surface area contributed by atoms with Crippen molar-refractivity contribution in [1.82, 2.24) is 4.90 Å². The highest BCUT2D eigenvalue weighted by atomic mass is 79.9. The Kier molecular flexibility index (Phi) is 5.81. The molecule has 1 rings (SSSR count). The molecule has 0 saturated carbocycles. The minimum absolute atomic E-state index is 0.138. The van der Waals surface area contributed by atoms with Gasteiger partial charge in [-0.2, -0.15) is 0 Å². The van der Waals surface area contributed by atoms with Crippen LogP contribution < -0.4 is 0 Å². The van der Waals surface area contributed by atoms with Crippen LogP contribution in [0.2, 0.25) is 0 Å². The maximum atomic E-state index is 12.1. The van der Waals surface area contributed by atoms with E-state index in [0.29, 0.717) is 12.1 Å². The average Bonchev–Trinajstić information content (AvgIpc) is 2.33. The quantitative estimate of drug-likeness (QED) is 0.757. The van der Waals surface area contributed by atoms with Gasteiger partial charge in [-0.25, -0.2) is 0 Å². The van der Waals surface area contributed by atoms with Crippen LogP contribution in [-0.4, -0.2) is 37.5 Å². The fraction of sp³-hybridized carbons (Fsp3) is 0.333. The summed E-state index contributed by atoms with van der Waals surface area (Å²) in [5, 5.41) is 0. The van der Waals surface area contributed by atoms with E-state index in [4.69, 9.17) is 0 Å². The van der Waals surface area contributed by atoms with Crippen LogP contribution in [0.25, 0.3) is 0 Å². The molecule has 18 heavy (non-hydrogen) atoms. The van der Waals surface area contributed by atoms with Crippen molar-refractivity contribution in [1.29, 1.82) is 0 Å². The lowest BCUT2D eigenvalue weighted by Crippen LogP contribution is -2.29. The number of halogens is 2. The summed E-state index contributed by atoms with van der Waals surface area (Å²) < 4.78 is 6.17. The van der Waals surface area contributed by atoms with E-state index in [0.717, 1.165) is 8.95 Å². The molecule has 0 aliphatic rings. The second-order valence-electron chi connectivity index (χ2n) is 3.71. The molecule has 0 aliphatic carbocycles. The fourth-order valence-corrected chi connectivity index (χ4v) is 2.65. The summed E-state index contributed by atoms with van der Waals surface area (Å²) in [6.07, 6.45) is 0.188. The van der Waals surface area contributed by atoms with Crippen molar-refractivity contribution >= 4 is 43.7 Å². The molecule has 0 spiro atoms. The number of rotatable bonds is 4. The van der Waals surface area contributed by atoms with Gasteiger partial charge in [-0.15, -0.1) is 0 Å². The van der Waals surface area contributed by atoms with E-state index in [1.54, 1.807) is 19.2 Å². The highest BCUT2D eigenvalue weighted by molar-refractivity contribution is 9.11. The second-order valence-corrected chi connectivity index (χ2v) is 5.54. The Labute approximate surface area is 123 Å². The second kappa shape index (κ2) is 6.89. The Morgan fingerprint density at radius 3 is 2.28 bits per heavy atom. The third kappa shape index (κ3) is 4.42. The van der Waals surface area contributed by atoms with Crippen molar-refractivity contribution in [3.8, 4) is 0 Å². The Bertz CT molecular complexity index is 442. The van der Waals surface area contributed by atoms with Crippen molar-refractivity contribution in [2.45, 2.75) is 6.42 Å². The molecule has 0 radical (unpaired) electrons. The largest absolute Gasteiger partial charge is 0.469 e. The Balaban J connectivity index is 2.71. The fourth-order valence-electron chi connectivity index (χ4n) is 1.36. The van der Waals surface area contributed by atoms with Crippen molar-refractivity contribution in [3.63, 3.8) is 0 Å². The minimum atomic E-state index is -0.329. The maximum absolute atomic E-state index is 12.1. The van der Waals surface area contributed by atoms with E-state index >= 15 is 0 Å². The summed E-state index contributed by atoms with van der Waals surface area (Å²) in [6.45, 7) is 0.329. The Morgan fingerprint density at radius 2 is 1.78 bits per heavy atom. The van der Waals surface area contributed by atoms with Gasteiger partial charge in [-0.05, 0) is 18.2 Å². The van der Waals surface area contributed by atoms with Crippen LogP contribution in [-0.2, 0) is 9.53 Å². The number of carbonyl (C=O) groups excluding carboxylic acids is 2. The van der Waals surface area contributed by atoms with E-state index in [-0.39, 0.29) is 18.3 Å². The van der Waals surface area contributed by atoms with Crippen molar-refractivity contribution in [3.05, 3.63) is 32.7 Å². The summed E-state index contributed by atoms with van der Waals surface area (Å²) in [7, 11) is 2.98. The van der Waals surface area contributed by atoms with Crippen molar-refractivity contribution in [2.24, 2.45) is 0 Å². The molecule has 6 heteroatoms. The average molecular weight is 379 g/mol. The van der Waals surface area contributed by atoms with Gasteiger partial charge in [0.25, 0.3) is 5.91 Å². The standard InChI is InChI=1S/C12H13Br2NO3/c1-15(4-3-11(16)18-2)12(17)8-5-9(13)7-10(14)6-8/h5-7H,3-4H2,1-2H3. The van der Waals surface area contributed by atoms with Crippen LogP contribution in [0.5, 0.6) is 0 Å². The van der Waals surface area contributed by atoms with Gasteiger partial charge in [0.15, 0.2) is 0 Å².